The van der Waals surface area contributed by atoms with Gasteiger partial charge in [0.05, 0.1) is 12.7 Å². The second kappa shape index (κ2) is 4.64. The first-order valence-electron chi connectivity index (χ1n) is 3.71. The topological polar surface area (TPSA) is 58.6 Å². The van der Waals surface area contributed by atoms with Gasteiger partial charge < -0.3 is 9.84 Å². The van der Waals surface area contributed by atoms with E-state index in [1.165, 1.54) is 0 Å². The van der Waals surface area contributed by atoms with Crippen LogP contribution in [0.5, 0.6) is 0 Å². The van der Waals surface area contributed by atoms with Gasteiger partial charge in [0.1, 0.15) is 6.04 Å². The van der Waals surface area contributed by atoms with Crippen molar-refractivity contribution in [1.29, 1.82) is 0 Å². The first-order chi connectivity index (χ1) is 5.11. The maximum Gasteiger partial charge on any atom is 0.323 e. The van der Waals surface area contributed by atoms with Crippen LogP contribution in [-0.4, -0.2) is 35.9 Å². The molecule has 0 amide bonds. The van der Waals surface area contributed by atoms with Gasteiger partial charge in [-0.2, -0.15) is 0 Å². The zero-order valence-corrected chi connectivity index (χ0v) is 7.93. The quantitative estimate of drug-likeness (QED) is 0.630. The highest BCUT2D eigenvalue weighted by atomic mass is 35.5. The van der Waals surface area contributed by atoms with E-state index in [0.29, 0.717) is 0 Å². The van der Waals surface area contributed by atoms with E-state index in [4.69, 9.17) is 9.84 Å². The van der Waals surface area contributed by atoms with Gasteiger partial charge in [-0.25, -0.2) is 0 Å². The first kappa shape index (κ1) is 11.7. The van der Waals surface area contributed by atoms with Crippen molar-refractivity contribution in [3.05, 3.63) is 0 Å². The Morgan fingerprint density at radius 2 is 2.17 bits per heavy atom. The van der Waals surface area contributed by atoms with E-state index in [1.807, 2.05) is 13.8 Å². The van der Waals surface area contributed by atoms with Gasteiger partial charge in [0, 0.05) is 6.04 Å². The van der Waals surface area contributed by atoms with Crippen LogP contribution in [0, 0.1) is 0 Å². The summed E-state index contributed by atoms with van der Waals surface area (Å²) in [5, 5.41) is 11.5. The van der Waals surface area contributed by atoms with Gasteiger partial charge in [0.25, 0.3) is 0 Å². The summed E-state index contributed by atoms with van der Waals surface area (Å²) in [6.07, 6.45) is 0.102. The third-order valence-corrected chi connectivity index (χ3v) is 1.99. The minimum Gasteiger partial charge on any atom is -0.480 e. The van der Waals surface area contributed by atoms with E-state index in [9.17, 15) is 4.79 Å². The third-order valence-electron chi connectivity index (χ3n) is 1.99. The summed E-state index contributed by atoms with van der Waals surface area (Å²) in [7, 11) is 0. The minimum atomic E-state index is -0.844. The van der Waals surface area contributed by atoms with Crippen LogP contribution in [0.25, 0.3) is 0 Å². The molecule has 1 aliphatic heterocycles. The highest BCUT2D eigenvalue weighted by molar-refractivity contribution is 5.85. The number of nitrogens with one attached hydrogen (secondary N) is 1. The largest absolute Gasteiger partial charge is 0.480 e. The molecule has 2 N–H and O–H groups in total. The minimum absolute atomic E-state index is 0. The number of aliphatic carboxylic acids is 1. The van der Waals surface area contributed by atoms with Crippen LogP contribution < -0.4 is 5.32 Å². The Labute approximate surface area is 77.7 Å². The molecule has 3 unspecified atom stereocenters. The van der Waals surface area contributed by atoms with Crippen molar-refractivity contribution in [2.45, 2.75) is 32.0 Å². The number of rotatable bonds is 1. The Kier molecular flexibility index (Phi) is 4.52. The molecule has 1 rings (SSSR count). The summed E-state index contributed by atoms with van der Waals surface area (Å²) in [5.41, 5.74) is 0. The summed E-state index contributed by atoms with van der Waals surface area (Å²) in [6.45, 7) is 4.11. The molecular formula is C7H14ClNO3. The average Bonchev–Trinajstić information content (AvgIpc) is 1.94. The second-order valence-corrected chi connectivity index (χ2v) is 2.88. The summed E-state index contributed by atoms with van der Waals surface area (Å²) < 4.78 is 5.22. The number of halogens is 1. The van der Waals surface area contributed by atoms with Crippen molar-refractivity contribution in [1.82, 2.24) is 5.32 Å². The van der Waals surface area contributed by atoms with Crippen molar-refractivity contribution < 1.29 is 14.6 Å². The van der Waals surface area contributed by atoms with Gasteiger partial charge in [0.15, 0.2) is 0 Å². The Morgan fingerprint density at radius 1 is 1.58 bits per heavy atom. The maximum absolute atomic E-state index is 10.5. The van der Waals surface area contributed by atoms with Crippen molar-refractivity contribution in [3.8, 4) is 0 Å². The van der Waals surface area contributed by atoms with E-state index in [1.54, 1.807) is 0 Å². The number of carboxylic acids is 1. The van der Waals surface area contributed by atoms with Crippen molar-refractivity contribution >= 4 is 18.4 Å². The molecule has 0 saturated carbocycles. The lowest BCUT2D eigenvalue weighted by Crippen LogP contribution is -2.54. The average molecular weight is 196 g/mol. The van der Waals surface area contributed by atoms with Crippen molar-refractivity contribution in [2.75, 3.05) is 6.61 Å². The Morgan fingerprint density at radius 3 is 2.58 bits per heavy atom. The van der Waals surface area contributed by atoms with Gasteiger partial charge >= 0.3 is 5.97 Å². The third kappa shape index (κ3) is 2.62. The molecule has 1 aliphatic rings. The molecular weight excluding hydrogens is 182 g/mol. The highest BCUT2D eigenvalue weighted by Crippen LogP contribution is 2.06. The molecule has 4 nitrogen and oxygen atoms in total. The molecule has 12 heavy (non-hydrogen) atoms. The predicted molar refractivity (Wildman–Crippen MR) is 46.7 cm³/mol. The van der Waals surface area contributed by atoms with Gasteiger partial charge in [0.2, 0.25) is 0 Å². The maximum atomic E-state index is 10.5. The first-order valence-corrected chi connectivity index (χ1v) is 3.71. The summed E-state index contributed by atoms with van der Waals surface area (Å²) in [6, 6.07) is -0.425. The molecule has 0 aromatic heterocycles. The fourth-order valence-corrected chi connectivity index (χ4v) is 1.04. The molecule has 0 bridgehead atoms. The second-order valence-electron chi connectivity index (χ2n) is 2.88. The number of carboxylic acid groups (broad SMARTS) is 1. The number of morpholine rings is 1. The fourth-order valence-electron chi connectivity index (χ4n) is 1.04. The molecule has 72 valence electrons. The summed E-state index contributed by atoms with van der Waals surface area (Å²) in [4.78, 5) is 10.5. The summed E-state index contributed by atoms with van der Waals surface area (Å²) >= 11 is 0. The van der Waals surface area contributed by atoms with Crippen LogP contribution in [-0.2, 0) is 9.53 Å². The molecule has 5 heteroatoms. The van der Waals surface area contributed by atoms with Gasteiger partial charge in [-0.3, -0.25) is 10.1 Å². The lowest BCUT2D eigenvalue weighted by molar-refractivity contribution is -0.145. The number of hydrogen-bond acceptors (Lipinski definition) is 3. The van der Waals surface area contributed by atoms with Crippen LogP contribution in [0.15, 0.2) is 0 Å². The number of ether oxygens (including phenoxy) is 1. The van der Waals surface area contributed by atoms with Crippen LogP contribution in [0.4, 0.5) is 0 Å². The van der Waals surface area contributed by atoms with Gasteiger partial charge in [-0.05, 0) is 13.8 Å². The Bertz CT molecular complexity index is 165. The zero-order chi connectivity index (χ0) is 8.43. The molecule has 0 radical (unpaired) electrons. The molecule has 0 spiro atoms. The lowest BCUT2D eigenvalue weighted by atomic mass is 10.1. The SMILES string of the molecule is CC1NC(C(=O)O)COC1C.Cl. The number of carbonyl (C=O) groups is 1. The molecule has 0 aliphatic carbocycles. The van der Waals surface area contributed by atoms with Crippen LogP contribution in [0.1, 0.15) is 13.8 Å². The molecule has 0 aromatic carbocycles. The van der Waals surface area contributed by atoms with Crippen molar-refractivity contribution in [2.24, 2.45) is 0 Å². The molecule has 1 fully saturated rings. The van der Waals surface area contributed by atoms with Crippen LogP contribution in [0.2, 0.25) is 0 Å². The van der Waals surface area contributed by atoms with E-state index in [0.717, 1.165) is 0 Å². The zero-order valence-electron chi connectivity index (χ0n) is 7.11. The standard InChI is InChI=1S/C7H13NO3.ClH/c1-4-5(2)11-3-6(8-4)7(9)10;/h4-6,8H,3H2,1-2H3,(H,9,10);1H. The van der Waals surface area contributed by atoms with Crippen molar-refractivity contribution in [3.63, 3.8) is 0 Å². The van der Waals surface area contributed by atoms with Crippen LogP contribution in [0.3, 0.4) is 0 Å². The van der Waals surface area contributed by atoms with E-state index in [2.05, 4.69) is 5.32 Å². The van der Waals surface area contributed by atoms with E-state index < -0.39 is 12.0 Å². The summed E-state index contributed by atoms with van der Waals surface area (Å²) in [5.74, 6) is -0.844. The predicted octanol–water partition coefficient (Wildman–Crippen LogP) is 0.258. The smallest absolute Gasteiger partial charge is 0.323 e. The normalized spacial score (nSPS) is 35.3. The van der Waals surface area contributed by atoms with E-state index >= 15 is 0 Å². The number of hydrogen-bond donors (Lipinski definition) is 2. The Balaban J connectivity index is 0.00000121. The van der Waals surface area contributed by atoms with E-state index in [-0.39, 0.29) is 31.2 Å². The van der Waals surface area contributed by atoms with Gasteiger partial charge in [-0.1, -0.05) is 0 Å². The molecule has 0 aromatic rings. The molecule has 3 atom stereocenters. The lowest BCUT2D eigenvalue weighted by Gasteiger charge is -2.31. The van der Waals surface area contributed by atoms with Crippen LogP contribution >= 0.6 is 12.4 Å². The monoisotopic (exact) mass is 195 g/mol. The van der Waals surface area contributed by atoms with Gasteiger partial charge in [-0.15, -0.1) is 12.4 Å². The molecule has 1 heterocycles. The fraction of sp³-hybridized carbons (Fsp3) is 0.857. The highest BCUT2D eigenvalue weighted by Gasteiger charge is 2.28. The molecule has 1 saturated heterocycles. The Hall–Kier alpha value is -0.320.